The van der Waals surface area contributed by atoms with E-state index in [0.717, 1.165) is 41.8 Å². The van der Waals surface area contributed by atoms with Crippen molar-refractivity contribution < 1.29 is 4.79 Å². The molecule has 1 unspecified atom stereocenters. The summed E-state index contributed by atoms with van der Waals surface area (Å²) < 4.78 is 0.999. The molecule has 4 nitrogen and oxygen atoms in total. The van der Waals surface area contributed by atoms with Crippen LogP contribution >= 0.6 is 15.9 Å². The first-order valence-electron chi connectivity index (χ1n) is 6.20. The van der Waals surface area contributed by atoms with Crippen molar-refractivity contribution in [1.29, 1.82) is 0 Å². The fourth-order valence-electron chi connectivity index (χ4n) is 2.44. The third-order valence-corrected chi connectivity index (χ3v) is 3.58. The predicted molar refractivity (Wildman–Crippen MR) is 75.7 cm³/mol. The van der Waals surface area contributed by atoms with Crippen LogP contribution in [0.3, 0.4) is 0 Å². The highest BCUT2D eigenvalue weighted by Crippen LogP contribution is 2.23. The van der Waals surface area contributed by atoms with E-state index < -0.39 is 0 Å². The van der Waals surface area contributed by atoms with Gasteiger partial charge in [0.05, 0.1) is 0 Å². The Labute approximate surface area is 116 Å². The summed E-state index contributed by atoms with van der Waals surface area (Å²) in [7, 11) is 0. The lowest BCUT2D eigenvalue weighted by molar-refractivity contribution is -0.119. The minimum atomic E-state index is 0.0438. The number of pyridine rings is 1. The Kier molecular flexibility index (Phi) is 4.22. The molecule has 5 heteroatoms. The van der Waals surface area contributed by atoms with Crippen LogP contribution in [-0.4, -0.2) is 30.0 Å². The van der Waals surface area contributed by atoms with E-state index in [2.05, 4.69) is 44.1 Å². The highest BCUT2D eigenvalue weighted by atomic mass is 79.9. The molecule has 1 aromatic rings. The lowest BCUT2D eigenvalue weighted by Crippen LogP contribution is -2.47. The Balaban J connectivity index is 2.10. The van der Waals surface area contributed by atoms with Gasteiger partial charge in [-0.1, -0.05) is 0 Å². The van der Waals surface area contributed by atoms with E-state index in [4.69, 9.17) is 0 Å². The summed E-state index contributed by atoms with van der Waals surface area (Å²) in [5, 5.41) is 2.99. The van der Waals surface area contributed by atoms with Crippen LogP contribution in [0.25, 0.3) is 0 Å². The fraction of sp³-hybridized carbons (Fsp3) is 0.538. The van der Waals surface area contributed by atoms with Crippen LogP contribution < -0.4 is 10.2 Å². The zero-order valence-electron chi connectivity index (χ0n) is 10.7. The summed E-state index contributed by atoms with van der Waals surface area (Å²) >= 11 is 3.43. The molecule has 0 aromatic carbocycles. The van der Waals surface area contributed by atoms with Crippen molar-refractivity contribution in [2.75, 3.05) is 18.0 Å². The number of nitrogens with one attached hydrogen (secondary N) is 1. The first-order valence-corrected chi connectivity index (χ1v) is 7.00. The lowest BCUT2D eigenvalue weighted by atomic mass is 10.1. The average Bonchev–Trinajstić information content (AvgIpc) is 2.28. The van der Waals surface area contributed by atoms with Crippen molar-refractivity contribution in [2.45, 2.75) is 32.7 Å². The Morgan fingerprint density at radius 1 is 1.61 bits per heavy atom. The second-order valence-corrected chi connectivity index (χ2v) is 5.70. The minimum absolute atomic E-state index is 0.0438. The summed E-state index contributed by atoms with van der Waals surface area (Å²) in [6.45, 7) is 5.48. The van der Waals surface area contributed by atoms with Crippen LogP contribution in [0.5, 0.6) is 0 Å². The summed E-state index contributed by atoms with van der Waals surface area (Å²) in [5.74, 6) is 1.07. The first-order chi connectivity index (χ1) is 8.56. The molecule has 0 saturated carbocycles. The van der Waals surface area contributed by atoms with Gasteiger partial charge in [-0.05, 0) is 47.3 Å². The van der Waals surface area contributed by atoms with Crippen LogP contribution in [0.1, 0.15) is 25.3 Å². The van der Waals surface area contributed by atoms with E-state index in [1.54, 1.807) is 6.92 Å². The average molecular weight is 312 g/mol. The number of amides is 1. The molecule has 2 rings (SSSR count). The molecule has 1 fully saturated rings. The van der Waals surface area contributed by atoms with E-state index in [0.29, 0.717) is 0 Å². The highest BCUT2D eigenvalue weighted by molar-refractivity contribution is 9.10. The van der Waals surface area contributed by atoms with E-state index >= 15 is 0 Å². The van der Waals surface area contributed by atoms with Crippen molar-refractivity contribution in [1.82, 2.24) is 10.3 Å². The van der Waals surface area contributed by atoms with Gasteiger partial charge in [0.2, 0.25) is 5.91 Å². The SMILES string of the molecule is CC(=O)NC1CCCN(c2ncc(Br)cc2C)C1. The molecule has 0 aliphatic carbocycles. The molecule has 1 saturated heterocycles. The van der Waals surface area contributed by atoms with E-state index in [1.807, 2.05) is 6.20 Å². The van der Waals surface area contributed by atoms with Gasteiger partial charge in [0.25, 0.3) is 0 Å². The van der Waals surface area contributed by atoms with Gasteiger partial charge in [-0.2, -0.15) is 0 Å². The van der Waals surface area contributed by atoms with Crippen molar-refractivity contribution >= 4 is 27.7 Å². The second-order valence-electron chi connectivity index (χ2n) is 4.78. The zero-order chi connectivity index (χ0) is 13.1. The van der Waals surface area contributed by atoms with Gasteiger partial charge in [0.1, 0.15) is 5.82 Å². The van der Waals surface area contributed by atoms with Gasteiger partial charge >= 0.3 is 0 Å². The van der Waals surface area contributed by atoms with E-state index in [1.165, 1.54) is 0 Å². The van der Waals surface area contributed by atoms with Crippen molar-refractivity contribution in [3.05, 3.63) is 22.3 Å². The minimum Gasteiger partial charge on any atom is -0.354 e. The molecular formula is C13H18BrN3O. The maximum Gasteiger partial charge on any atom is 0.217 e. The topological polar surface area (TPSA) is 45.2 Å². The zero-order valence-corrected chi connectivity index (χ0v) is 12.3. The number of aromatic nitrogens is 1. The molecule has 98 valence electrons. The number of hydrogen-bond donors (Lipinski definition) is 1. The number of halogens is 1. The largest absolute Gasteiger partial charge is 0.354 e. The molecule has 0 bridgehead atoms. The molecule has 0 radical (unpaired) electrons. The molecular weight excluding hydrogens is 294 g/mol. The maximum atomic E-state index is 11.1. The van der Waals surface area contributed by atoms with Gasteiger partial charge in [-0.15, -0.1) is 0 Å². The number of piperidine rings is 1. The van der Waals surface area contributed by atoms with E-state index in [-0.39, 0.29) is 11.9 Å². The standard InChI is InChI=1S/C13H18BrN3O/c1-9-6-11(14)7-15-13(9)17-5-3-4-12(8-17)16-10(2)18/h6-7,12H,3-5,8H2,1-2H3,(H,16,18). The van der Waals surface area contributed by atoms with Gasteiger partial charge in [0, 0.05) is 36.7 Å². The molecule has 0 spiro atoms. The Morgan fingerprint density at radius 3 is 3.06 bits per heavy atom. The number of nitrogens with zero attached hydrogens (tertiary/aromatic N) is 2. The maximum absolute atomic E-state index is 11.1. The van der Waals surface area contributed by atoms with Crippen LogP contribution in [0, 0.1) is 6.92 Å². The summed E-state index contributed by atoms with van der Waals surface area (Å²) in [6, 6.07) is 2.31. The van der Waals surface area contributed by atoms with Crippen molar-refractivity contribution in [3.8, 4) is 0 Å². The van der Waals surface area contributed by atoms with Crippen LogP contribution in [-0.2, 0) is 4.79 Å². The van der Waals surface area contributed by atoms with Crippen molar-refractivity contribution in [3.63, 3.8) is 0 Å². The molecule has 2 heterocycles. The lowest BCUT2D eigenvalue weighted by Gasteiger charge is -2.34. The van der Waals surface area contributed by atoms with Crippen molar-refractivity contribution in [2.24, 2.45) is 0 Å². The predicted octanol–water partition coefficient (Wildman–Crippen LogP) is 2.26. The van der Waals surface area contributed by atoms with Crippen LogP contribution in [0.2, 0.25) is 0 Å². The normalized spacial score (nSPS) is 19.7. The molecule has 1 aliphatic heterocycles. The number of rotatable bonds is 2. The molecule has 1 aliphatic rings. The Bertz CT molecular complexity index is 450. The van der Waals surface area contributed by atoms with Gasteiger partial charge in [-0.25, -0.2) is 4.98 Å². The number of anilines is 1. The third kappa shape index (κ3) is 3.22. The Hall–Kier alpha value is -1.10. The molecule has 1 aromatic heterocycles. The monoisotopic (exact) mass is 311 g/mol. The van der Waals surface area contributed by atoms with E-state index in [9.17, 15) is 4.79 Å². The summed E-state index contributed by atoms with van der Waals surface area (Å²) in [5.41, 5.74) is 1.16. The first kappa shape index (κ1) is 13.3. The summed E-state index contributed by atoms with van der Waals surface area (Å²) in [6.07, 6.45) is 3.96. The fourth-order valence-corrected chi connectivity index (χ4v) is 2.88. The second kappa shape index (κ2) is 5.69. The number of aryl methyl sites for hydroxylation is 1. The van der Waals surface area contributed by atoms with Gasteiger partial charge in [0.15, 0.2) is 0 Å². The third-order valence-electron chi connectivity index (χ3n) is 3.15. The van der Waals surface area contributed by atoms with Gasteiger partial charge in [-0.3, -0.25) is 4.79 Å². The number of hydrogen-bond acceptors (Lipinski definition) is 3. The number of carbonyl (C=O) groups excluding carboxylic acids is 1. The quantitative estimate of drug-likeness (QED) is 0.911. The Morgan fingerprint density at radius 2 is 2.39 bits per heavy atom. The molecule has 1 amide bonds. The highest BCUT2D eigenvalue weighted by Gasteiger charge is 2.22. The summed E-state index contributed by atoms with van der Waals surface area (Å²) in [4.78, 5) is 17.9. The van der Waals surface area contributed by atoms with Gasteiger partial charge < -0.3 is 10.2 Å². The smallest absolute Gasteiger partial charge is 0.217 e. The molecule has 1 atom stereocenters. The van der Waals surface area contributed by atoms with Crippen LogP contribution in [0.15, 0.2) is 16.7 Å². The van der Waals surface area contributed by atoms with Crippen LogP contribution in [0.4, 0.5) is 5.82 Å². The molecule has 1 N–H and O–H groups in total. The number of carbonyl (C=O) groups is 1. The molecule has 18 heavy (non-hydrogen) atoms.